The van der Waals surface area contributed by atoms with Gasteiger partial charge in [-0.05, 0) is 49.6 Å². The summed E-state index contributed by atoms with van der Waals surface area (Å²) in [4.78, 5) is 28.7. The fourth-order valence-electron chi connectivity index (χ4n) is 4.54. The van der Waals surface area contributed by atoms with Gasteiger partial charge >= 0.3 is 0 Å². The van der Waals surface area contributed by atoms with E-state index in [0.29, 0.717) is 48.8 Å². The van der Waals surface area contributed by atoms with Gasteiger partial charge in [-0.25, -0.2) is 0 Å². The van der Waals surface area contributed by atoms with Gasteiger partial charge in [0.25, 0.3) is 15.9 Å². The lowest BCUT2D eigenvalue weighted by atomic mass is 10.1. The first-order valence-electron chi connectivity index (χ1n) is 11.0. The van der Waals surface area contributed by atoms with Crippen LogP contribution in [0.5, 0.6) is 0 Å². The number of benzene rings is 2. The van der Waals surface area contributed by atoms with E-state index < -0.39 is 15.9 Å². The summed E-state index contributed by atoms with van der Waals surface area (Å²) in [5, 5.41) is 2.94. The number of hydrogen-bond donors (Lipinski definition) is 1. The molecule has 0 spiro atoms. The third-order valence-electron chi connectivity index (χ3n) is 6.17. The van der Waals surface area contributed by atoms with Gasteiger partial charge in [0.05, 0.1) is 16.3 Å². The molecule has 172 valence electrons. The number of amides is 2. The van der Waals surface area contributed by atoms with Gasteiger partial charge in [-0.2, -0.15) is 8.42 Å². The number of hydrogen-bond acceptors (Lipinski definition) is 5. The van der Waals surface area contributed by atoms with E-state index >= 15 is 0 Å². The lowest BCUT2D eigenvalue weighted by Gasteiger charge is -2.30. The zero-order valence-corrected chi connectivity index (χ0v) is 19.5. The van der Waals surface area contributed by atoms with Gasteiger partial charge in [-0.3, -0.25) is 9.59 Å². The largest absolute Gasteiger partial charge is 0.328 e. The van der Waals surface area contributed by atoms with Crippen molar-refractivity contribution in [3.8, 4) is 0 Å². The van der Waals surface area contributed by atoms with Crippen molar-refractivity contribution in [2.75, 3.05) is 28.2 Å². The van der Waals surface area contributed by atoms with E-state index in [2.05, 4.69) is 9.71 Å². The Morgan fingerprint density at radius 1 is 1.00 bits per heavy atom. The second-order valence-corrected chi connectivity index (χ2v) is 10.4. The van der Waals surface area contributed by atoms with Crippen molar-refractivity contribution in [2.24, 2.45) is 4.40 Å². The predicted octanol–water partition coefficient (Wildman–Crippen LogP) is 4.20. The Morgan fingerprint density at radius 2 is 1.82 bits per heavy atom. The molecule has 0 aliphatic carbocycles. The van der Waals surface area contributed by atoms with Crippen LogP contribution >= 0.6 is 11.6 Å². The van der Waals surface area contributed by atoms with Crippen LogP contribution in [0.25, 0.3) is 0 Å². The Hall–Kier alpha value is -2.91. The van der Waals surface area contributed by atoms with Crippen molar-refractivity contribution >= 4 is 56.3 Å². The zero-order valence-electron chi connectivity index (χ0n) is 17.9. The second kappa shape index (κ2) is 8.46. The first kappa shape index (κ1) is 21.9. The molecule has 5 rings (SSSR count). The van der Waals surface area contributed by atoms with E-state index in [-0.39, 0.29) is 21.4 Å². The van der Waals surface area contributed by atoms with Gasteiger partial charge in [-0.1, -0.05) is 24.1 Å². The summed E-state index contributed by atoms with van der Waals surface area (Å²) in [6.45, 7) is 1.30. The number of anilines is 3. The van der Waals surface area contributed by atoms with Crippen molar-refractivity contribution in [1.29, 1.82) is 0 Å². The maximum Gasteiger partial charge on any atom is 0.286 e. The van der Waals surface area contributed by atoms with Crippen molar-refractivity contribution in [3.05, 3.63) is 47.0 Å². The van der Waals surface area contributed by atoms with Crippen LogP contribution in [0.3, 0.4) is 0 Å². The molecular formula is C23H23ClN4O4S. The van der Waals surface area contributed by atoms with E-state index in [1.54, 1.807) is 29.2 Å². The van der Waals surface area contributed by atoms with Gasteiger partial charge in [-0.15, -0.1) is 4.40 Å². The van der Waals surface area contributed by atoms with Gasteiger partial charge in [0.2, 0.25) is 5.91 Å². The number of nitrogens with zero attached hydrogens (tertiary/aromatic N) is 3. The number of amidine groups is 1. The number of nitrogens with one attached hydrogen (secondary N) is 1. The standard InChI is InChI=1S/C23H23ClN4O4S/c24-18-14-19-20(33(31,32)26-21-8-2-1-3-10-28(19)21)13-17(18)23(30)25-15-6-4-7-16(12-15)27-11-5-9-22(27)29/h4,6-7,12-14H,1-3,5,8-11H2,(H,25,30). The molecule has 3 aliphatic heterocycles. The number of carbonyl (C=O) groups excluding carboxylic acids is 2. The van der Waals surface area contributed by atoms with Crippen LogP contribution in [0.1, 0.15) is 48.9 Å². The summed E-state index contributed by atoms with van der Waals surface area (Å²) in [6, 6.07) is 9.85. The van der Waals surface area contributed by atoms with Gasteiger partial charge in [0, 0.05) is 37.3 Å². The maximum absolute atomic E-state index is 13.0. The first-order chi connectivity index (χ1) is 15.8. The summed E-state index contributed by atoms with van der Waals surface area (Å²) in [7, 11) is -3.93. The number of halogens is 1. The highest BCUT2D eigenvalue weighted by Gasteiger charge is 2.33. The highest BCUT2D eigenvalue weighted by atomic mass is 35.5. The average Bonchev–Trinajstić information content (AvgIpc) is 3.07. The van der Waals surface area contributed by atoms with Crippen LogP contribution in [0.2, 0.25) is 5.02 Å². The third-order valence-corrected chi connectivity index (χ3v) is 7.82. The maximum atomic E-state index is 13.0. The van der Waals surface area contributed by atoms with Crippen LogP contribution in [0.4, 0.5) is 17.1 Å². The van der Waals surface area contributed by atoms with Crippen molar-refractivity contribution < 1.29 is 18.0 Å². The monoisotopic (exact) mass is 486 g/mol. The molecule has 2 aromatic carbocycles. The van der Waals surface area contributed by atoms with Crippen LogP contribution < -0.4 is 15.1 Å². The summed E-state index contributed by atoms with van der Waals surface area (Å²) in [6.07, 6.45) is 4.72. The van der Waals surface area contributed by atoms with Gasteiger partial charge in [0.1, 0.15) is 10.7 Å². The molecule has 0 unspecified atom stereocenters. The molecule has 0 aromatic heterocycles. The van der Waals surface area contributed by atoms with E-state index in [9.17, 15) is 18.0 Å². The molecule has 3 heterocycles. The number of sulfonamides is 1. The van der Waals surface area contributed by atoms with Crippen LogP contribution in [-0.4, -0.2) is 39.2 Å². The molecule has 0 atom stereocenters. The summed E-state index contributed by atoms with van der Waals surface area (Å²) >= 11 is 6.47. The molecule has 33 heavy (non-hydrogen) atoms. The minimum Gasteiger partial charge on any atom is -0.328 e. The van der Waals surface area contributed by atoms with E-state index in [1.807, 2.05) is 11.0 Å². The third kappa shape index (κ3) is 4.11. The first-order valence-corrected chi connectivity index (χ1v) is 12.8. The zero-order chi connectivity index (χ0) is 23.2. The molecule has 2 saturated heterocycles. The van der Waals surface area contributed by atoms with Crippen molar-refractivity contribution in [1.82, 2.24) is 0 Å². The Bertz CT molecular complexity index is 1290. The van der Waals surface area contributed by atoms with Gasteiger partial charge < -0.3 is 15.1 Å². The van der Waals surface area contributed by atoms with Crippen molar-refractivity contribution in [2.45, 2.75) is 43.4 Å². The lowest BCUT2D eigenvalue weighted by Crippen LogP contribution is -2.35. The fourth-order valence-corrected chi connectivity index (χ4v) is 6.05. The lowest BCUT2D eigenvalue weighted by molar-refractivity contribution is -0.117. The molecule has 0 saturated carbocycles. The minimum atomic E-state index is -3.93. The molecule has 1 N–H and O–H groups in total. The normalized spacial score (nSPS) is 19.4. The Morgan fingerprint density at radius 3 is 2.61 bits per heavy atom. The molecule has 10 heteroatoms. The highest BCUT2D eigenvalue weighted by Crippen LogP contribution is 2.38. The summed E-state index contributed by atoms with van der Waals surface area (Å²) < 4.78 is 29.8. The van der Waals surface area contributed by atoms with Crippen LogP contribution in [0.15, 0.2) is 45.7 Å². The van der Waals surface area contributed by atoms with Gasteiger partial charge in [0.15, 0.2) is 0 Å². The predicted molar refractivity (Wildman–Crippen MR) is 128 cm³/mol. The quantitative estimate of drug-likeness (QED) is 0.700. The Labute approximate surface area is 197 Å². The Balaban J connectivity index is 1.46. The second-order valence-electron chi connectivity index (χ2n) is 8.40. The van der Waals surface area contributed by atoms with E-state index in [0.717, 1.165) is 25.7 Å². The molecule has 0 bridgehead atoms. The smallest absolute Gasteiger partial charge is 0.286 e. The SMILES string of the molecule is O=C(Nc1cccc(N2CCCC2=O)c1)c1cc2c(cc1Cl)N1CCCCCC1=NS2(=O)=O. The number of carbonyl (C=O) groups is 2. The highest BCUT2D eigenvalue weighted by molar-refractivity contribution is 7.90. The van der Waals surface area contributed by atoms with E-state index in [1.165, 1.54) is 6.07 Å². The fraction of sp³-hybridized carbons (Fsp3) is 0.348. The number of fused-ring (bicyclic) bond motifs is 3. The van der Waals surface area contributed by atoms with Crippen molar-refractivity contribution in [3.63, 3.8) is 0 Å². The molecule has 0 radical (unpaired) electrons. The number of rotatable bonds is 3. The van der Waals surface area contributed by atoms with Crippen LogP contribution in [-0.2, 0) is 14.8 Å². The summed E-state index contributed by atoms with van der Waals surface area (Å²) in [5.74, 6) is 0.0462. The molecule has 2 fully saturated rings. The molecule has 2 amide bonds. The molecular weight excluding hydrogens is 464 g/mol. The average molecular weight is 487 g/mol. The topological polar surface area (TPSA) is 99.2 Å². The van der Waals surface area contributed by atoms with Crippen LogP contribution in [0, 0.1) is 0 Å². The molecule has 2 aromatic rings. The molecule has 3 aliphatic rings. The van der Waals surface area contributed by atoms with E-state index in [4.69, 9.17) is 11.6 Å². The minimum absolute atomic E-state index is 0.0147. The summed E-state index contributed by atoms with van der Waals surface area (Å²) in [5.41, 5.74) is 1.72. The molecule has 8 nitrogen and oxygen atoms in total. The Kier molecular flexibility index (Phi) is 5.62.